The number of aromatic nitrogens is 2. The molecule has 4 heteroatoms. The Hall–Kier alpha value is -2.17. The van der Waals surface area contributed by atoms with Crippen molar-refractivity contribution in [3.63, 3.8) is 0 Å². The van der Waals surface area contributed by atoms with E-state index in [9.17, 15) is 0 Å². The Labute approximate surface area is 136 Å². The minimum atomic E-state index is 0.295. The number of aromatic amines is 1. The summed E-state index contributed by atoms with van der Waals surface area (Å²) < 4.78 is 5.58. The van der Waals surface area contributed by atoms with Crippen LogP contribution in [0.15, 0.2) is 48.8 Å². The molecule has 2 N–H and O–H groups in total. The second-order valence-electron chi connectivity index (χ2n) is 6.20. The van der Waals surface area contributed by atoms with E-state index in [-0.39, 0.29) is 0 Å². The van der Waals surface area contributed by atoms with Crippen molar-refractivity contribution in [2.45, 2.75) is 13.0 Å². The van der Waals surface area contributed by atoms with Gasteiger partial charge in [-0.1, -0.05) is 18.2 Å². The number of rotatable bonds is 3. The van der Waals surface area contributed by atoms with E-state index >= 15 is 0 Å². The average Bonchev–Trinajstić information content (AvgIpc) is 2.94. The standard InChI is InChI=1S/C19H21N3O/c1-14-18(16-6-2-3-7-17(16)21-14)19(15-5-4-8-20-13-15)22-9-11-23-12-10-22/h2-8,13,19,21H,9-12H2,1H3/p+1. The van der Waals surface area contributed by atoms with Crippen LogP contribution < -0.4 is 4.90 Å². The molecule has 2 aromatic heterocycles. The van der Waals surface area contributed by atoms with Gasteiger partial charge in [0.05, 0.1) is 13.2 Å². The maximum Gasteiger partial charge on any atom is 0.143 e. The Bertz CT molecular complexity index is 791. The van der Waals surface area contributed by atoms with Crippen molar-refractivity contribution >= 4 is 10.9 Å². The highest BCUT2D eigenvalue weighted by molar-refractivity contribution is 5.85. The highest BCUT2D eigenvalue weighted by atomic mass is 16.5. The topological polar surface area (TPSA) is 42.3 Å². The van der Waals surface area contributed by atoms with Crippen molar-refractivity contribution in [1.29, 1.82) is 0 Å². The van der Waals surface area contributed by atoms with E-state index in [1.165, 1.54) is 27.7 Å². The summed E-state index contributed by atoms with van der Waals surface area (Å²) >= 11 is 0. The third-order valence-electron chi connectivity index (χ3n) is 4.79. The highest BCUT2D eigenvalue weighted by Crippen LogP contribution is 2.30. The van der Waals surface area contributed by atoms with Crippen LogP contribution in [0.5, 0.6) is 0 Å². The highest BCUT2D eigenvalue weighted by Gasteiger charge is 2.31. The lowest BCUT2D eigenvalue weighted by Gasteiger charge is -2.32. The number of fused-ring (bicyclic) bond motifs is 1. The van der Waals surface area contributed by atoms with Gasteiger partial charge in [0.1, 0.15) is 19.1 Å². The van der Waals surface area contributed by atoms with Gasteiger partial charge in [0, 0.05) is 40.1 Å². The van der Waals surface area contributed by atoms with E-state index < -0.39 is 0 Å². The maximum absolute atomic E-state index is 5.58. The summed E-state index contributed by atoms with van der Waals surface area (Å²) in [6.07, 6.45) is 3.85. The molecule has 1 unspecified atom stereocenters. The molecule has 1 aliphatic heterocycles. The molecule has 0 radical (unpaired) electrons. The number of H-pyrrole nitrogens is 1. The molecule has 1 atom stereocenters. The van der Waals surface area contributed by atoms with Gasteiger partial charge < -0.3 is 14.6 Å². The van der Waals surface area contributed by atoms with Gasteiger partial charge in [-0.25, -0.2) is 0 Å². The van der Waals surface area contributed by atoms with Gasteiger partial charge in [0.2, 0.25) is 0 Å². The first-order valence-electron chi connectivity index (χ1n) is 8.24. The van der Waals surface area contributed by atoms with Gasteiger partial charge in [-0.2, -0.15) is 0 Å². The number of quaternary nitrogens is 1. The second kappa shape index (κ2) is 6.14. The van der Waals surface area contributed by atoms with Crippen LogP contribution in [-0.2, 0) is 4.74 Å². The Morgan fingerprint density at radius 1 is 1.13 bits per heavy atom. The quantitative estimate of drug-likeness (QED) is 0.776. The number of hydrogen-bond acceptors (Lipinski definition) is 2. The number of morpholine rings is 1. The molecule has 0 bridgehead atoms. The number of nitrogens with zero attached hydrogens (tertiary/aromatic N) is 1. The monoisotopic (exact) mass is 308 g/mol. The fourth-order valence-electron chi connectivity index (χ4n) is 3.75. The molecule has 1 saturated heterocycles. The van der Waals surface area contributed by atoms with Gasteiger partial charge in [-0.05, 0) is 25.1 Å². The summed E-state index contributed by atoms with van der Waals surface area (Å²) in [6.45, 7) is 5.89. The molecule has 1 aliphatic rings. The van der Waals surface area contributed by atoms with E-state index in [0.717, 1.165) is 26.3 Å². The molecule has 23 heavy (non-hydrogen) atoms. The molecular formula is C19H22N3O+. The average molecular weight is 308 g/mol. The minimum absolute atomic E-state index is 0.295. The number of benzene rings is 1. The van der Waals surface area contributed by atoms with Crippen LogP contribution in [0.4, 0.5) is 0 Å². The largest absolute Gasteiger partial charge is 0.370 e. The Morgan fingerprint density at radius 2 is 1.96 bits per heavy atom. The van der Waals surface area contributed by atoms with Crippen molar-refractivity contribution in [2.75, 3.05) is 26.3 Å². The number of aryl methyl sites for hydroxylation is 1. The predicted octanol–water partition coefficient (Wildman–Crippen LogP) is 1.88. The molecule has 3 aromatic rings. The van der Waals surface area contributed by atoms with Crippen LogP contribution in [0, 0.1) is 6.92 Å². The molecule has 4 rings (SSSR count). The third-order valence-corrected chi connectivity index (χ3v) is 4.79. The zero-order valence-electron chi connectivity index (χ0n) is 13.4. The molecule has 1 fully saturated rings. The van der Waals surface area contributed by atoms with Gasteiger partial charge in [0.15, 0.2) is 0 Å². The SMILES string of the molecule is Cc1[nH]c2ccccc2c1C(c1cccnc1)[NH+]1CCOCC1. The summed E-state index contributed by atoms with van der Waals surface area (Å²) in [5.74, 6) is 0. The van der Waals surface area contributed by atoms with Crippen LogP contribution in [0.25, 0.3) is 10.9 Å². The molecule has 118 valence electrons. The molecule has 3 heterocycles. The van der Waals surface area contributed by atoms with Crippen LogP contribution in [-0.4, -0.2) is 36.3 Å². The lowest BCUT2D eigenvalue weighted by molar-refractivity contribution is -0.933. The van der Waals surface area contributed by atoms with Crippen molar-refractivity contribution < 1.29 is 9.64 Å². The zero-order valence-corrected chi connectivity index (χ0v) is 13.4. The molecule has 0 amide bonds. The number of para-hydroxylation sites is 1. The van der Waals surface area contributed by atoms with E-state index in [4.69, 9.17) is 4.74 Å². The van der Waals surface area contributed by atoms with Gasteiger partial charge in [-0.15, -0.1) is 0 Å². The Morgan fingerprint density at radius 3 is 2.74 bits per heavy atom. The first-order chi connectivity index (χ1) is 11.3. The normalized spacial score (nSPS) is 17.4. The van der Waals surface area contributed by atoms with E-state index in [2.05, 4.69) is 47.2 Å². The smallest absolute Gasteiger partial charge is 0.143 e. The molecule has 0 saturated carbocycles. The van der Waals surface area contributed by atoms with Crippen molar-refractivity contribution in [2.24, 2.45) is 0 Å². The molecule has 0 aliphatic carbocycles. The van der Waals surface area contributed by atoms with Gasteiger partial charge in [0.25, 0.3) is 0 Å². The Balaban J connectivity index is 1.88. The summed E-state index contributed by atoms with van der Waals surface area (Å²) in [4.78, 5) is 9.47. The summed E-state index contributed by atoms with van der Waals surface area (Å²) in [7, 11) is 0. The van der Waals surface area contributed by atoms with Crippen LogP contribution in [0.3, 0.4) is 0 Å². The van der Waals surface area contributed by atoms with Crippen molar-refractivity contribution in [3.8, 4) is 0 Å². The lowest BCUT2D eigenvalue weighted by atomic mass is 9.95. The number of hydrogen-bond donors (Lipinski definition) is 2. The van der Waals surface area contributed by atoms with E-state index in [1.807, 2.05) is 18.5 Å². The summed E-state index contributed by atoms with van der Waals surface area (Å²) in [6, 6.07) is 13.1. The van der Waals surface area contributed by atoms with E-state index in [0.29, 0.717) is 6.04 Å². The third kappa shape index (κ3) is 2.64. The van der Waals surface area contributed by atoms with Crippen LogP contribution in [0.1, 0.15) is 22.9 Å². The fraction of sp³-hybridized carbons (Fsp3) is 0.316. The summed E-state index contributed by atoms with van der Waals surface area (Å²) in [5.41, 5.74) is 5.13. The predicted molar refractivity (Wildman–Crippen MR) is 90.6 cm³/mol. The first kappa shape index (κ1) is 14.4. The molecule has 1 aromatic carbocycles. The number of pyridine rings is 1. The first-order valence-corrected chi connectivity index (χ1v) is 8.24. The van der Waals surface area contributed by atoms with Crippen LogP contribution in [0.2, 0.25) is 0 Å². The lowest BCUT2D eigenvalue weighted by Crippen LogP contribution is -3.14. The van der Waals surface area contributed by atoms with Gasteiger partial charge in [-0.3, -0.25) is 4.98 Å². The Kier molecular flexibility index (Phi) is 3.85. The zero-order chi connectivity index (χ0) is 15.6. The van der Waals surface area contributed by atoms with Gasteiger partial charge >= 0.3 is 0 Å². The van der Waals surface area contributed by atoms with Crippen molar-refractivity contribution in [3.05, 3.63) is 65.6 Å². The second-order valence-corrected chi connectivity index (χ2v) is 6.20. The molecular weight excluding hydrogens is 286 g/mol. The van der Waals surface area contributed by atoms with Crippen LogP contribution >= 0.6 is 0 Å². The summed E-state index contributed by atoms with van der Waals surface area (Å²) in [5, 5.41) is 1.32. The molecule has 4 nitrogen and oxygen atoms in total. The number of nitrogens with one attached hydrogen (secondary N) is 2. The number of ether oxygens (including phenoxy) is 1. The minimum Gasteiger partial charge on any atom is -0.370 e. The maximum atomic E-state index is 5.58. The van der Waals surface area contributed by atoms with Crippen molar-refractivity contribution in [1.82, 2.24) is 9.97 Å². The fourth-order valence-corrected chi connectivity index (χ4v) is 3.75. The van der Waals surface area contributed by atoms with E-state index in [1.54, 1.807) is 4.90 Å². The molecule has 0 spiro atoms.